The first-order valence-electron chi connectivity index (χ1n) is 25.0. The van der Waals surface area contributed by atoms with Gasteiger partial charge in [-0.05, 0) is 94.2 Å². The molecule has 10 rings (SSSR count). The average molecular weight is 993 g/mol. The number of piperazine rings is 1. The number of carbonyl (C=O) groups excluding carboxylic acids is 4. The van der Waals surface area contributed by atoms with E-state index in [0.717, 1.165) is 43.6 Å². The van der Waals surface area contributed by atoms with Crippen molar-refractivity contribution in [1.82, 2.24) is 54.9 Å². The van der Waals surface area contributed by atoms with Crippen LogP contribution < -0.4 is 21.3 Å². The maximum Gasteiger partial charge on any atom is 0.410 e. The number of piperidine rings is 3. The molecule has 22 heteroatoms. The van der Waals surface area contributed by atoms with Crippen LogP contribution in [0.15, 0.2) is 35.4 Å². The van der Waals surface area contributed by atoms with Gasteiger partial charge in [0.1, 0.15) is 35.3 Å². The van der Waals surface area contributed by atoms with Crippen LogP contribution in [0.3, 0.4) is 0 Å². The minimum Gasteiger partial charge on any atom is -0.439 e. The van der Waals surface area contributed by atoms with Gasteiger partial charge in [0.15, 0.2) is 35.5 Å². The van der Waals surface area contributed by atoms with Crippen molar-refractivity contribution in [2.75, 3.05) is 81.5 Å². The van der Waals surface area contributed by atoms with Crippen molar-refractivity contribution in [3.05, 3.63) is 53.8 Å². The Morgan fingerprint density at radius 2 is 1.60 bits per heavy atom. The SMILES string of the molecule is CC1(C)CN(C(=O)OCC(=O)N2CCC(CN3CCN(c4c(F)cc(N[C@H]5CCC(=O)NC5=O)cc4F)CC3)CC2)CC[C@H]1c1cnc(-c2c(-c3nn(C(C)(C)C)c4ncnc(N)c34)noc2C2CC2)nc1. The summed E-state index contributed by atoms with van der Waals surface area (Å²) in [5.41, 5.74) is 8.92. The number of fused-ring (bicyclic) bond motifs is 1. The van der Waals surface area contributed by atoms with Crippen LogP contribution >= 0.6 is 0 Å². The molecule has 8 heterocycles. The predicted molar refractivity (Wildman–Crippen MR) is 261 cm³/mol. The lowest BCUT2D eigenvalue weighted by atomic mass is 9.71. The topological polar surface area (TPSA) is 236 Å². The number of nitrogens with two attached hydrogens (primary N) is 1. The molecule has 4 amide bonds. The van der Waals surface area contributed by atoms with Crippen LogP contribution in [0, 0.1) is 23.0 Å². The van der Waals surface area contributed by atoms with Gasteiger partial charge in [0.25, 0.3) is 5.91 Å². The van der Waals surface area contributed by atoms with Crippen molar-refractivity contribution in [3.8, 4) is 22.8 Å². The molecule has 0 spiro atoms. The number of halogens is 2. The molecule has 0 unspecified atom stereocenters. The fourth-order valence-electron chi connectivity index (χ4n) is 10.9. The van der Waals surface area contributed by atoms with Crippen molar-refractivity contribution in [2.24, 2.45) is 11.3 Å². The van der Waals surface area contributed by atoms with Crippen LogP contribution in [-0.2, 0) is 24.7 Å². The summed E-state index contributed by atoms with van der Waals surface area (Å²) >= 11 is 0. The van der Waals surface area contributed by atoms with Crippen LogP contribution in [-0.4, -0.2) is 145 Å². The normalized spacial score (nSPS) is 21.3. The van der Waals surface area contributed by atoms with E-state index in [4.69, 9.17) is 30.1 Å². The van der Waals surface area contributed by atoms with Crippen molar-refractivity contribution in [2.45, 2.75) is 103 Å². The Balaban J connectivity index is 0.688. The maximum atomic E-state index is 15.3. The number of aromatic nitrogens is 7. The van der Waals surface area contributed by atoms with Crippen molar-refractivity contribution < 1.29 is 37.2 Å². The monoisotopic (exact) mass is 992 g/mol. The number of ether oxygens (including phenoxy) is 1. The molecular weight excluding hydrogens is 931 g/mol. The summed E-state index contributed by atoms with van der Waals surface area (Å²) in [4.78, 5) is 76.3. The van der Waals surface area contributed by atoms with Crippen LogP contribution in [0.1, 0.15) is 103 Å². The summed E-state index contributed by atoms with van der Waals surface area (Å²) in [5.74, 6) is -0.479. The second kappa shape index (κ2) is 19.3. The van der Waals surface area contributed by atoms with Gasteiger partial charge in [0.2, 0.25) is 11.8 Å². The third kappa shape index (κ3) is 9.88. The minimum atomic E-state index is -0.747. The standard InChI is InChI=1S/C50H62F2N14O6/c1-49(2,3)66-46-39(44(53)56-27-57-46)40(60-66)41-38(43(72-61-41)29-6-7-29)45-54-22-30(23-55-45)32-12-15-65(26-50(32,4)5)48(70)71-25-37(68)63-13-10-28(11-14-63)24-62-16-18-64(19-17-62)42-33(51)20-31(21-34(42)52)58-35-8-9-36(67)59-47(35)69/h20-23,27-29,32,35,58H,6-19,24-26H2,1-5H3,(H2,53,56,57)(H,59,67,69)/t32-,35-/m0/s1. The van der Waals surface area contributed by atoms with Crippen LogP contribution in [0.4, 0.5) is 30.8 Å². The second-order valence-corrected chi connectivity index (χ2v) is 21.6. The van der Waals surface area contributed by atoms with E-state index in [9.17, 15) is 19.2 Å². The molecule has 4 saturated heterocycles. The van der Waals surface area contributed by atoms with E-state index in [1.54, 1.807) is 14.7 Å². The molecule has 5 aliphatic rings. The number of imide groups is 1. The molecule has 5 fully saturated rings. The van der Waals surface area contributed by atoms with Gasteiger partial charge in [-0.25, -0.2) is 38.2 Å². The number of hydrogen-bond acceptors (Lipinski definition) is 16. The van der Waals surface area contributed by atoms with Gasteiger partial charge in [0.05, 0.1) is 16.5 Å². The number of amides is 4. The Bertz CT molecular complexity index is 2860. The number of nitrogen functional groups attached to an aromatic ring is 1. The summed E-state index contributed by atoms with van der Waals surface area (Å²) in [6.07, 6.45) is 9.19. The first-order chi connectivity index (χ1) is 34.4. The number of nitrogens with zero attached hydrogens (tertiary/aromatic N) is 11. The summed E-state index contributed by atoms with van der Waals surface area (Å²) in [6, 6.07) is 1.63. The van der Waals surface area contributed by atoms with Gasteiger partial charge in [-0.2, -0.15) is 5.10 Å². The first kappa shape index (κ1) is 48.8. The molecule has 1 saturated carbocycles. The Hall–Kier alpha value is -6.84. The zero-order valence-electron chi connectivity index (χ0n) is 41.4. The molecule has 1 aromatic carbocycles. The van der Waals surface area contributed by atoms with E-state index in [2.05, 4.69) is 44.5 Å². The highest BCUT2D eigenvalue weighted by Gasteiger charge is 2.41. The fourth-order valence-corrected chi connectivity index (χ4v) is 10.9. The highest BCUT2D eigenvalue weighted by Crippen LogP contribution is 2.49. The van der Waals surface area contributed by atoms with Gasteiger partial charge >= 0.3 is 6.09 Å². The molecule has 382 valence electrons. The zero-order valence-corrected chi connectivity index (χ0v) is 41.4. The Morgan fingerprint density at radius 1 is 0.903 bits per heavy atom. The summed E-state index contributed by atoms with van der Waals surface area (Å²) in [5, 5.41) is 15.2. The smallest absolute Gasteiger partial charge is 0.410 e. The van der Waals surface area contributed by atoms with Crippen molar-refractivity contribution in [1.29, 1.82) is 0 Å². The van der Waals surface area contributed by atoms with Crippen LogP contribution in [0.25, 0.3) is 33.8 Å². The van der Waals surface area contributed by atoms with E-state index in [-0.39, 0.29) is 65.7 Å². The Kier molecular flexibility index (Phi) is 13.1. The molecule has 1 aliphatic carbocycles. The molecule has 4 aromatic heterocycles. The van der Waals surface area contributed by atoms with Crippen LogP contribution in [0.2, 0.25) is 0 Å². The molecule has 2 atom stereocenters. The number of carbonyl (C=O) groups is 4. The predicted octanol–water partition coefficient (Wildman–Crippen LogP) is 5.66. The molecular formula is C50H62F2N14O6. The highest BCUT2D eigenvalue weighted by molar-refractivity contribution is 6.02. The lowest BCUT2D eigenvalue weighted by molar-refractivity contribution is -0.136. The number of hydrogen-bond donors (Lipinski definition) is 3. The van der Waals surface area contributed by atoms with Crippen molar-refractivity contribution >= 4 is 52.0 Å². The van der Waals surface area contributed by atoms with Crippen molar-refractivity contribution in [3.63, 3.8) is 0 Å². The average Bonchev–Trinajstić information content (AvgIpc) is 3.96. The molecule has 72 heavy (non-hydrogen) atoms. The molecule has 20 nitrogen and oxygen atoms in total. The second-order valence-electron chi connectivity index (χ2n) is 21.6. The minimum absolute atomic E-state index is 0.0386. The Morgan fingerprint density at radius 3 is 2.25 bits per heavy atom. The summed E-state index contributed by atoms with van der Waals surface area (Å²) < 4.78 is 44.0. The van der Waals surface area contributed by atoms with E-state index in [0.29, 0.717) is 98.5 Å². The summed E-state index contributed by atoms with van der Waals surface area (Å²) in [7, 11) is 0. The van der Waals surface area contributed by atoms with Crippen LogP contribution in [0.5, 0.6) is 0 Å². The number of benzene rings is 1. The number of likely N-dealkylation sites (tertiary alicyclic amines) is 2. The molecule has 5 aromatic rings. The van der Waals surface area contributed by atoms with E-state index in [1.165, 1.54) is 18.5 Å². The molecule has 0 radical (unpaired) electrons. The Labute approximate surface area is 415 Å². The third-order valence-corrected chi connectivity index (χ3v) is 14.9. The largest absolute Gasteiger partial charge is 0.439 e. The maximum absolute atomic E-state index is 15.3. The number of rotatable bonds is 11. The third-order valence-electron chi connectivity index (χ3n) is 14.9. The molecule has 4 N–H and O–H groups in total. The van der Waals surface area contributed by atoms with Gasteiger partial charge in [-0.15, -0.1) is 0 Å². The highest BCUT2D eigenvalue weighted by atomic mass is 19.1. The van der Waals surface area contributed by atoms with E-state index >= 15 is 8.78 Å². The number of anilines is 3. The van der Waals surface area contributed by atoms with Gasteiger partial charge < -0.3 is 35.0 Å². The number of nitrogens with one attached hydrogen (secondary N) is 2. The zero-order chi connectivity index (χ0) is 50.6. The molecule has 0 bridgehead atoms. The quantitative estimate of drug-likeness (QED) is 0.135. The van der Waals surface area contributed by atoms with Gasteiger partial charge in [-0.1, -0.05) is 19.0 Å². The van der Waals surface area contributed by atoms with Gasteiger partial charge in [0, 0.05) is 89.3 Å². The lowest BCUT2D eigenvalue weighted by Crippen LogP contribution is -2.50. The van der Waals surface area contributed by atoms with E-state index in [1.807, 2.05) is 37.8 Å². The van der Waals surface area contributed by atoms with Gasteiger partial charge in [-0.3, -0.25) is 24.6 Å². The first-order valence-corrected chi connectivity index (χ1v) is 25.0. The molecule has 4 aliphatic heterocycles. The fraction of sp³-hybridized carbons (Fsp3) is 0.560. The lowest BCUT2D eigenvalue weighted by Gasteiger charge is -2.43. The van der Waals surface area contributed by atoms with E-state index < -0.39 is 35.2 Å². The summed E-state index contributed by atoms with van der Waals surface area (Å²) in [6.45, 7) is 14.9.